The third-order valence-corrected chi connectivity index (χ3v) is 1.32. The first-order valence-corrected chi connectivity index (χ1v) is 3.61. The van der Waals surface area contributed by atoms with Crippen molar-refractivity contribution in [2.24, 2.45) is 0 Å². The molecule has 11 heavy (non-hydrogen) atoms. The van der Waals surface area contributed by atoms with Crippen LogP contribution in [0.2, 0.25) is 0 Å². The molecule has 0 atom stereocenters. The van der Waals surface area contributed by atoms with Crippen LogP contribution in [-0.2, 0) is 0 Å². The maximum atomic E-state index is 10.3. The molecule has 0 heterocycles. The van der Waals surface area contributed by atoms with Crippen molar-refractivity contribution in [3.63, 3.8) is 0 Å². The van der Waals surface area contributed by atoms with Crippen LogP contribution in [0.25, 0.3) is 0 Å². The van der Waals surface area contributed by atoms with Crippen molar-refractivity contribution in [2.45, 2.75) is 19.8 Å². The van der Waals surface area contributed by atoms with Crippen molar-refractivity contribution >= 4 is 6.09 Å². The molecule has 0 aliphatic heterocycles. The van der Waals surface area contributed by atoms with Gasteiger partial charge >= 0.3 is 0 Å². The molecule has 0 aromatic rings. The van der Waals surface area contributed by atoms with Gasteiger partial charge in [-0.15, -0.1) is 6.42 Å². The maximum absolute atomic E-state index is 10.3. The van der Waals surface area contributed by atoms with Gasteiger partial charge in [0.1, 0.15) is 6.09 Å². The summed E-state index contributed by atoms with van der Waals surface area (Å²) >= 11 is 0. The molecule has 0 rings (SSSR count). The minimum absolute atomic E-state index is 0.127. The van der Waals surface area contributed by atoms with Crippen LogP contribution in [0.5, 0.6) is 0 Å². The fourth-order valence-corrected chi connectivity index (χ4v) is 0.694. The van der Waals surface area contributed by atoms with E-state index in [2.05, 4.69) is 5.92 Å². The van der Waals surface area contributed by atoms with Crippen LogP contribution >= 0.6 is 0 Å². The zero-order valence-electron chi connectivity index (χ0n) is 6.67. The molecule has 0 aromatic heterocycles. The Morgan fingerprint density at radius 1 is 1.73 bits per heavy atom. The molecule has 0 aliphatic carbocycles. The summed E-state index contributed by atoms with van der Waals surface area (Å²) in [6, 6.07) is 0. The number of rotatable bonds is 4. The normalized spacial score (nSPS) is 8.73. The molecule has 3 nitrogen and oxygen atoms in total. The Hall–Kier alpha value is -1.17. The summed E-state index contributed by atoms with van der Waals surface area (Å²) in [4.78, 5) is 11.4. The Bertz CT molecular complexity index is 160. The highest BCUT2D eigenvalue weighted by Crippen LogP contribution is 1.92. The second-order valence-electron chi connectivity index (χ2n) is 2.25. The lowest BCUT2D eigenvalue weighted by Gasteiger charge is -2.21. The molecule has 0 unspecified atom stereocenters. The Kier molecular flexibility index (Phi) is 5.01. The van der Waals surface area contributed by atoms with E-state index in [1.807, 2.05) is 6.92 Å². The van der Waals surface area contributed by atoms with Gasteiger partial charge in [-0.05, 0) is 6.42 Å². The van der Waals surface area contributed by atoms with Gasteiger partial charge in [-0.2, -0.15) is 0 Å². The SMILES string of the molecule is C#CCN(CCCC)C(=O)[O-]. The highest BCUT2D eigenvalue weighted by molar-refractivity contribution is 5.62. The van der Waals surface area contributed by atoms with Gasteiger partial charge in [0.25, 0.3) is 0 Å². The maximum Gasteiger partial charge on any atom is 0.137 e. The molecule has 0 fully saturated rings. The van der Waals surface area contributed by atoms with E-state index in [9.17, 15) is 9.90 Å². The van der Waals surface area contributed by atoms with Crippen LogP contribution in [0.4, 0.5) is 4.79 Å². The van der Waals surface area contributed by atoms with Gasteiger partial charge in [0.15, 0.2) is 0 Å². The van der Waals surface area contributed by atoms with E-state index in [-0.39, 0.29) is 6.54 Å². The van der Waals surface area contributed by atoms with Crippen molar-refractivity contribution in [1.82, 2.24) is 4.90 Å². The lowest BCUT2D eigenvalue weighted by atomic mass is 10.3. The van der Waals surface area contributed by atoms with E-state index in [1.165, 1.54) is 0 Å². The fraction of sp³-hybridized carbons (Fsp3) is 0.625. The molecule has 0 saturated carbocycles. The molecule has 0 radical (unpaired) electrons. The van der Waals surface area contributed by atoms with Crippen LogP contribution < -0.4 is 5.11 Å². The number of carbonyl (C=O) groups excluding carboxylic acids is 1. The van der Waals surface area contributed by atoms with Gasteiger partial charge in [-0.1, -0.05) is 19.3 Å². The predicted molar refractivity (Wildman–Crippen MR) is 40.7 cm³/mol. The van der Waals surface area contributed by atoms with Gasteiger partial charge in [-0.25, -0.2) is 0 Å². The number of carboxylic acid groups (broad SMARTS) is 1. The van der Waals surface area contributed by atoms with E-state index in [1.54, 1.807) is 0 Å². The van der Waals surface area contributed by atoms with Crippen LogP contribution in [0.15, 0.2) is 0 Å². The van der Waals surface area contributed by atoms with Crippen molar-refractivity contribution in [1.29, 1.82) is 0 Å². The van der Waals surface area contributed by atoms with Crippen LogP contribution in [0.3, 0.4) is 0 Å². The highest BCUT2D eigenvalue weighted by atomic mass is 16.4. The van der Waals surface area contributed by atoms with Crippen molar-refractivity contribution in [3.8, 4) is 12.3 Å². The van der Waals surface area contributed by atoms with E-state index in [0.717, 1.165) is 17.7 Å². The molecule has 0 spiro atoms. The first-order chi connectivity index (χ1) is 5.22. The molecule has 0 aromatic carbocycles. The number of terminal acetylenes is 1. The number of unbranched alkanes of at least 4 members (excludes halogenated alkanes) is 1. The highest BCUT2D eigenvalue weighted by Gasteiger charge is 1.99. The van der Waals surface area contributed by atoms with E-state index in [4.69, 9.17) is 6.42 Å². The Labute approximate surface area is 67.0 Å². The summed E-state index contributed by atoms with van der Waals surface area (Å²) in [5, 5.41) is 10.3. The number of amides is 1. The number of carbonyl (C=O) groups is 1. The van der Waals surface area contributed by atoms with E-state index < -0.39 is 6.09 Å². The molecule has 62 valence electrons. The van der Waals surface area contributed by atoms with Crippen LogP contribution in [0.1, 0.15) is 19.8 Å². The zero-order chi connectivity index (χ0) is 8.69. The van der Waals surface area contributed by atoms with Crippen molar-refractivity contribution < 1.29 is 9.90 Å². The van der Waals surface area contributed by atoms with Gasteiger partial charge in [-0.3, -0.25) is 0 Å². The Morgan fingerprint density at radius 3 is 2.73 bits per heavy atom. The monoisotopic (exact) mass is 154 g/mol. The van der Waals surface area contributed by atoms with E-state index >= 15 is 0 Å². The molecule has 0 bridgehead atoms. The molecule has 0 saturated heterocycles. The minimum Gasteiger partial charge on any atom is -0.530 e. The third kappa shape index (κ3) is 4.26. The predicted octanol–water partition coefficient (Wildman–Crippen LogP) is 0.0650. The molecular formula is C8H12NO2-. The first kappa shape index (κ1) is 9.83. The summed E-state index contributed by atoms with van der Waals surface area (Å²) in [5.74, 6) is 2.26. The largest absolute Gasteiger partial charge is 0.530 e. The van der Waals surface area contributed by atoms with Crippen LogP contribution in [-0.4, -0.2) is 24.1 Å². The molecule has 0 N–H and O–H groups in total. The van der Waals surface area contributed by atoms with Crippen molar-refractivity contribution in [3.05, 3.63) is 0 Å². The van der Waals surface area contributed by atoms with Gasteiger partial charge < -0.3 is 14.8 Å². The molecule has 0 aliphatic rings. The molecule has 1 amide bonds. The topological polar surface area (TPSA) is 43.4 Å². The first-order valence-electron chi connectivity index (χ1n) is 3.61. The zero-order valence-corrected chi connectivity index (χ0v) is 6.67. The van der Waals surface area contributed by atoms with Gasteiger partial charge in [0.2, 0.25) is 0 Å². The summed E-state index contributed by atoms with van der Waals surface area (Å²) in [6.07, 6.45) is 5.55. The molecule has 3 heteroatoms. The summed E-state index contributed by atoms with van der Waals surface area (Å²) < 4.78 is 0. The lowest BCUT2D eigenvalue weighted by Crippen LogP contribution is -2.41. The Balaban J connectivity index is 3.72. The van der Waals surface area contributed by atoms with Gasteiger partial charge in [0.05, 0.1) is 6.54 Å². The fourth-order valence-electron chi connectivity index (χ4n) is 0.694. The second-order valence-corrected chi connectivity index (χ2v) is 2.25. The quantitative estimate of drug-likeness (QED) is 0.537. The minimum atomic E-state index is -1.18. The summed E-state index contributed by atoms with van der Waals surface area (Å²) in [7, 11) is 0. The average molecular weight is 154 g/mol. The summed E-state index contributed by atoms with van der Waals surface area (Å²) in [5.41, 5.74) is 0. The standard InChI is InChI=1S/C8H13NO2/c1-3-5-7-9(6-4-2)8(10)11/h2H,3,5-7H2,1H3,(H,10,11)/p-1. The average Bonchev–Trinajstić information content (AvgIpc) is 1.97. The lowest BCUT2D eigenvalue weighted by molar-refractivity contribution is -0.264. The van der Waals surface area contributed by atoms with Crippen molar-refractivity contribution in [2.75, 3.05) is 13.1 Å². The number of nitrogens with zero attached hydrogens (tertiary/aromatic N) is 1. The Morgan fingerprint density at radius 2 is 2.36 bits per heavy atom. The van der Waals surface area contributed by atoms with Gasteiger partial charge in [0, 0.05) is 6.54 Å². The number of hydrogen-bond donors (Lipinski definition) is 0. The summed E-state index contributed by atoms with van der Waals surface area (Å²) in [6.45, 7) is 2.59. The van der Waals surface area contributed by atoms with Crippen LogP contribution in [0, 0.1) is 12.3 Å². The van der Waals surface area contributed by atoms with E-state index in [0.29, 0.717) is 6.54 Å². The molecular weight excluding hydrogens is 142 g/mol. The number of hydrogen-bond acceptors (Lipinski definition) is 2. The smallest absolute Gasteiger partial charge is 0.137 e. The second kappa shape index (κ2) is 5.60. The third-order valence-electron chi connectivity index (χ3n) is 1.32.